The van der Waals surface area contributed by atoms with Gasteiger partial charge in [-0.2, -0.15) is 0 Å². The lowest BCUT2D eigenvalue weighted by Gasteiger charge is -2.20. The first-order valence-corrected chi connectivity index (χ1v) is 6.81. The van der Waals surface area contributed by atoms with Gasteiger partial charge < -0.3 is 19.5 Å². The number of hydrogen-bond donors (Lipinski definition) is 1. The summed E-state index contributed by atoms with van der Waals surface area (Å²) in [5.41, 5.74) is 1.16. The van der Waals surface area contributed by atoms with Gasteiger partial charge in [-0.15, -0.1) is 0 Å². The first-order chi connectivity index (χ1) is 8.70. The van der Waals surface area contributed by atoms with Crippen molar-refractivity contribution in [2.75, 3.05) is 26.9 Å². The van der Waals surface area contributed by atoms with Gasteiger partial charge in [0.25, 0.3) is 0 Å². The van der Waals surface area contributed by atoms with E-state index in [1.165, 1.54) is 0 Å². The summed E-state index contributed by atoms with van der Waals surface area (Å²) in [4.78, 5) is 0. The smallest absolute Gasteiger partial charge is 0.175 e. The molecule has 5 heteroatoms. The van der Waals surface area contributed by atoms with Gasteiger partial charge >= 0.3 is 0 Å². The van der Waals surface area contributed by atoms with E-state index in [1.54, 1.807) is 7.11 Å². The van der Waals surface area contributed by atoms with E-state index in [0.29, 0.717) is 13.2 Å². The summed E-state index contributed by atoms with van der Waals surface area (Å²) in [6.07, 6.45) is 0.214. The maximum absolute atomic E-state index is 5.59. The lowest BCUT2D eigenvalue weighted by Crippen LogP contribution is -2.25. The van der Waals surface area contributed by atoms with Crippen LogP contribution >= 0.6 is 15.9 Å². The fraction of sp³-hybridized carbons (Fsp3) is 0.538. The fourth-order valence-corrected chi connectivity index (χ4v) is 2.37. The number of hydrogen-bond acceptors (Lipinski definition) is 4. The summed E-state index contributed by atoms with van der Waals surface area (Å²) < 4.78 is 17.3. The molecule has 0 saturated heterocycles. The van der Waals surface area contributed by atoms with Crippen molar-refractivity contribution in [3.05, 3.63) is 22.2 Å². The predicted octanol–water partition coefficient (Wildman–Crippen LogP) is 2.34. The second kappa shape index (κ2) is 6.41. The molecule has 2 rings (SSSR count). The van der Waals surface area contributed by atoms with Crippen LogP contribution in [0.2, 0.25) is 0 Å². The van der Waals surface area contributed by atoms with Crippen molar-refractivity contribution in [2.24, 2.45) is 0 Å². The minimum absolute atomic E-state index is 0.214. The predicted molar refractivity (Wildman–Crippen MR) is 73.3 cm³/mol. The molecule has 1 heterocycles. The van der Waals surface area contributed by atoms with Crippen LogP contribution < -0.4 is 14.8 Å². The Hall–Kier alpha value is -0.780. The van der Waals surface area contributed by atoms with Crippen molar-refractivity contribution < 1.29 is 14.2 Å². The minimum Gasteiger partial charge on any atom is -0.486 e. The molecule has 1 N–H and O–H groups in total. The van der Waals surface area contributed by atoms with Gasteiger partial charge in [0.1, 0.15) is 13.2 Å². The SMILES string of the molecule is COC(C)CNCc1cc(Br)c2c(c1)OCCO2. The molecule has 0 radical (unpaired) electrons. The summed E-state index contributed by atoms with van der Waals surface area (Å²) in [6.45, 7) is 4.85. The molecule has 0 aromatic heterocycles. The van der Waals surface area contributed by atoms with Crippen LogP contribution in [0.1, 0.15) is 12.5 Å². The van der Waals surface area contributed by atoms with Gasteiger partial charge in [-0.05, 0) is 40.5 Å². The standard InChI is InChI=1S/C13H18BrNO3/c1-9(16-2)7-15-8-10-5-11(14)13-12(6-10)17-3-4-18-13/h5-6,9,15H,3-4,7-8H2,1-2H3. The van der Waals surface area contributed by atoms with Crippen molar-refractivity contribution in [1.82, 2.24) is 5.32 Å². The number of rotatable bonds is 5. The van der Waals surface area contributed by atoms with Gasteiger partial charge in [0.15, 0.2) is 11.5 Å². The number of benzene rings is 1. The molecule has 0 aliphatic carbocycles. The number of ether oxygens (including phenoxy) is 3. The van der Waals surface area contributed by atoms with E-state index < -0.39 is 0 Å². The molecule has 1 aliphatic heterocycles. The third kappa shape index (κ3) is 3.37. The molecule has 0 saturated carbocycles. The highest BCUT2D eigenvalue weighted by Crippen LogP contribution is 2.38. The van der Waals surface area contributed by atoms with E-state index in [0.717, 1.165) is 34.6 Å². The van der Waals surface area contributed by atoms with Crippen LogP contribution in [0.25, 0.3) is 0 Å². The van der Waals surface area contributed by atoms with Gasteiger partial charge in [-0.1, -0.05) is 0 Å². The second-order valence-electron chi connectivity index (χ2n) is 4.28. The van der Waals surface area contributed by atoms with Gasteiger partial charge in [-0.25, -0.2) is 0 Å². The maximum Gasteiger partial charge on any atom is 0.175 e. The first kappa shape index (κ1) is 13.6. The molecule has 1 aliphatic rings. The molecule has 0 amide bonds. The van der Waals surface area contributed by atoms with Gasteiger partial charge in [0.2, 0.25) is 0 Å². The maximum atomic E-state index is 5.59. The third-order valence-electron chi connectivity index (χ3n) is 2.82. The van der Waals surface area contributed by atoms with Crippen molar-refractivity contribution in [2.45, 2.75) is 19.6 Å². The van der Waals surface area contributed by atoms with E-state index in [2.05, 4.69) is 27.3 Å². The summed E-state index contributed by atoms with van der Waals surface area (Å²) >= 11 is 3.51. The molecule has 1 aromatic rings. The zero-order chi connectivity index (χ0) is 13.0. The lowest BCUT2D eigenvalue weighted by molar-refractivity contribution is 0.117. The molecule has 0 bridgehead atoms. The number of fused-ring (bicyclic) bond motifs is 1. The fourth-order valence-electron chi connectivity index (χ4n) is 1.77. The molecular weight excluding hydrogens is 298 g/mol. The zero-order valence-electron chi connectivity index (χ0n) is 10.7. The largest absolute Gasteiger partial charge is 0.486 e. The quantitative estimate of drug-likeness (QED) is 0.905. The lowest BCUT2D eigenvalue weighted by atomic mass is 10.2. The Morgan fingerprint density at radius 2 is 2.17 bits per heavy atom. The van der Waals surface area contributed by atoms with Gasteiger partial charge in [0.05, 0.1) is 10.6 Å². The molecular formula is C13H18BrNO3. The summed E-state index contributed by atoms with van der Waals surface area (Å²) in [5, 5.41) is 3.34. The zero-order valence-corrected chi connectivity index (χ0v) is 12.2. The van der Waals surface area contributed by atoms with Crippen molar-refractivity contribution >= 4 is 15.9 Å². The molecule has 4 nitrogen and oxygen atoms in total. The third-order valence-corrected chi connectivity index (χ3v) is 3.41. The number of nitrogens with one attached hydrogen (secondary N) is 1. The van der Waals surface area contributed by atoms with Crippen molar-refractivity contribution in [3.63, 3.8) is 0 Å². The van der Waals surface area contributed by atoms with E-state index >= 15 is 0 Å². The summed E-state index contributed by atoms with van der Waals surface area (Å²) in [6, 6.07) is 4.07. The topological polar surface area (TPSA) is 39.7 Å². The Kier molecular flexibility index (Phi) is 4.86. The molecule has 1 aromatic carbocycles. The summed E-state index contributed by atoms with van der Waals surface area (Å²) in [5.74, 6) is 1.61. The molecule has 100 valence electrons. The highest BCUT2D eigenvalue weighted by molar-refractivity contribution is 9.10. The molecule has 18 heavy (non-hydrogen) atoms. The molecule has 0 spiro atoms. The van der Waals surface area contributed by atoms with Crippen LogP contribution in [0.4, 0.5) is 0 Å². The first-order valence-electron chi connectivity index (χ1n) is 6.02. The highest BCUT2D eigenvalue weighted by atomic mass is 79.9. The van der Waals surface area contributed by atoms with Crippen LogP contribution in [-0.4, -0.2) is 33.0 Å². The Bertz CT molecular complexity index is 411. The average Bonchev–Trinajstić information content (AvgIpc) is 2.38. The molecule has 1 unspecified atom stereocenters. The van der Waals surface area contributed by atoms with Crippen LogP contribution in [0.5, 0.6) is 11.5 Å². The van der Waals surface area contributed by atoms with E-state index in [9.17, 15) is 0 Å². The Balaban J connectivity index is 1.99. The summed E-state index contributed by atoms with van der Waals surface area (Å²) in [7, 11) is 1.72. The highest BCUT2D eigenvalue weighted by Gasteiger charge is 2.16. The van der Waals surface area contributed by atoms with E-state index in [1.807, 2.05) is 13.0 Å². The van der Waals surface area contributed by atoms with E-state index in [4.69, 9.17) is 14.2 Å². The Morgan fingerprint density at radius 3 is 2.94 bits per heavy atom. The van der Waals surface area contributed by atoms with E-state index in [-0.39, 0.29) is 6.10 Å². The monoisotopic (exact) mass is 315 g/mol. The minimum atomic E-state index is 0.214. The Labute approximate surface area is 116 Å². The Morgan fingerprint density at radius 1 is 1.39 bits per heavy atom. The molecule has 1 atom stereocenters. The van der Waals surface area contributed by atoms with Gasteiger partial charge in [-0.3, -0.25) is 0 Å². The second-order valence-corrected chi connectivity index (χ2v) is 5.13. The van der Waals surface area contributed by atoms with Gasteiger partial charge in [0, 0.05) is 20.2 Å². The van der Waals surface area contributed by atoms with Crippen LogP contribution in [0.15, 0.2) is 16.6 Å². The molecule has 0 fully saturated rings. The van der Waals surface area contributed by atoms with Crippen LogP contribution in [0.3, 0.4) is 0 Å². The number of halogens is 1. The van der Waals surface area contributed by atoms with Crippen molar-refractivity contribution in [3.8, 4) is 11.5 Å². The van der Waals surface area contributed by atoms with Crippen LogP contribution in [0, 0.1) is 0 Å². The normalized spacial score (nSPS) is 15.5. The number of methoxy groups -OCH3 is 1. The van der Waals surface area contributed by atoms with Crippen LogP contribution in [-0.2, 0) is 11.3 Å². The van der Waals surface area contributed by atoms with Crippen molar-refractivity contribution in [1.29, 1.82) is 0 Å². The average molecular weight is 316 g/mol.